The summed E-state index contributed by atoms with van der Waals surface area (Å²) in [5.74, 6) is -0.634. The van der Waals surface area contributed by atoms with Crippen molar-refractivity contribution in [3.05, 3.63) is 71.3 Å². The maximum absolute atomic E-state index is 13.0. The Hall–Kier alpha value is -1.78. The molecule has 0 bridgehead atoms. The Bertz CT molecular complexity index is 477. The van der Waals surface area contributed by atoms with E-state index < -0.39 is 12.3 Å². The number of hydrogen-bond acceptors (Lipinski definition) is 2. The van der Waals surface area contributed by atoms with Crippen molar-refractivity contribution in [3.63, 3.8) is 0 Å². The molecule has 2 N–H and O–H groups in total. The van der Waals surface area contributed by atoms with E-state index in [4.69, 9.17) is 10.5 Å². The lowest BCUT2D eigenvalue weighted by molar-refractivity contribution is 0.0232. The fraction of sp³-hybridized carbons (Fsp3) is 0.200. The van der Waals surface area contributed by atoms with E-state index in [1.165, 1.54) is 24.3 Å². The number of halogens is 2. The first kappa shape index (κ1) is 13.6. The zero-order valence-electron chi connectivity index (χ0n) is 10.5. The zero-order chi connectivity index (χ0) is 13.8. The van der Waals surface area contributed by atoms with E-state index in [0.717, 1.165) is 11.1 Å². The highest BCUT2D eigenvalue weighted by atomic mass is 19.1. The topological polar surface area (TPSA) is 35.2 Å². The molecular formula is C15H15F2NO. The van der Waals surface area contributed by atoms with E-state index in [0.29, 0.717) is 0 Å². The van der Waals surface area contributed by atoms with Crippen LogP contribution in [0.5, 0.6) is 0 Å². The fourth-order valence-corrected chi connectivity index (χ4v) is 1.84. The molecule has 0 aliphatic rings. The van der Waals surface area contributed by atoms with E-state index in [1.54, 1.807) is 31.2 Å². The van der Waals surface area contributed by atoms with E-state index in [2.05, 4.69) is 0 Å². The van der Waals surface area contributed by atoms with Gasteiger partial charge in [0.25, 0.3) is 0 Å². The maximum atomic E-state index is 13.0. The molecule has 0 heterocycles. The molecule has 2 aromatic carbocycles. The second kappa shape index (κ2) is 5.91. The van der Waals surface area contributed by atoms with Crippen LogP contribution in [-0.4, -0.2) is 6.23 Å². The van der Waals surface area contributed by atoms with Crippen molar-refractivity contribution < 1.29 is 13.5 Å². The van der Waals surface area contributed by atoms with Crippen LogP contribution in [0.15, 0.2) is 48.5 Å². The van der Waals surface area contributed by atoms with Gasteiger partial charge in [-0.2, -0.15) is 0 Å². The normalized spacial score (nSPS) is 12.7. The van der Waals surface area contributed by atoms with E-state index in [1.807, 2.05) is 0 Å². The van der Waals surface area contributed by atoms with Gasteiger partial charge in [-0.15, -0.1) is 0 Å². The Balaban J connectivity index is 2.35. The molecule has 2 aromatic rings. The molecule has 4 heteroatoms. The van der Waals surface area contributed by atoms with Crippen LogP contribution in [0.4, 0.5) is 8.78 Å². The molecule has 0 radical (unpaired) electrons. The van der Waals surface area contributed by atoms with Crippen molar-refractivity contribution >= 4 is 0 Å². The molecule has 100 valence electrons. The van der Waals surface area contributed by atoms with Crippen molar-refractivity contribution in [3.8, 4) is 0 Å². The van der Waals surface area contributed by atoms with Crippen LogP contribution in [0, 0.1) is 11.6 Å². The Morgan fingerprint density at radius 1 is 0.842 bits per heavy atom. The number of hydrogen-bond donors (Lipinski definition) is 1. The average Bonchev–Trinajstić information content (AvgIpc) is 2.38. The third-order valence-corrected chi connectivity index (χ3v) is 2.70. The van der Waals surface area contributed by atoms with Gasteiger partial charge >= 0.3 is 0 Å². The predicted octanol–water partition coefficient (Wildman–Crippen LogP) is 3.38. The third-order valence-electron chi connectivity index (χ3n) is 2.70. The molecule has 0 spiro atoms. The van der Waals surface area contributed by atoms with Crippen LogP contribution in [0.2, 0.25) is 0 Å². The van der Waals surface area contributed by atoms with Crippen molar-refractivity contribution in [2.75, 3.05) is 0 Å². The number of nitrogens with two attached hydrogens (primary N) is 1. The SMILES string of the molecule is CC(N)OC(c1ccc(F)cc1)c1ccc(F)cc1. The summed E-state index contributed by atoms with van der Waals surface area (Å²) in [6.45, 7) is 1.71. The van der Waals surface area contributed by atoms with Crippen molar-refractivity contribution in [1.82, 2.24) is 0 Å². The second-order valence-electron chi connectivity index (χ2n) is 4.32. The molecule has 0 aromatic heterocycles. The number of rotatable bonds is 4. The van der Waals surface area contributed by atoms with Crippen molar-refractivity contribution in [2.45, 2.75) is 19.3 Å². The van der Waals surface area contributed by atoms with Crippen LogP contribution in [0.3, 0.4) is 0 Å². The Morgan fingerprint density at radius 3 is 1.53 bits per heavy atom. The van der Waals surface area contributed by atoms with Gasteiger partial charge < -0.3 is 10.5 Å². The van der Waals surface area contributed by atoms with Gasteiger partial charge in [-0.1, -0.05) is 24.3 Å². The first-order valence-corrected chi connectivity index (χ1v) is 5.98. The summed E-state index contributed by atoms with van der Waals surface area (Å²) in [5.41, 5.74) is 7.20. The predicted molar refractivity (Wildman–Crippen MR) is 69.4 cm³/mol. The minimum absolute atomic E-state index is 0.317. The van der Waals surface area contributed by atoms with Crippen molar-refractivity contribution in [1.29, 1.82) is 0 Å². The molecule has 0 aliphatic heterocycles. The largest absolute Gasteiger partial charge is 0.351 e. The third kappa shape index (κ3) is 3.59. The van der Waals surface area contributed by atoms with Gasteiger partial charge in [0.1, 0.15) is 24.0 Å². The average molecular weight is 263 g/mol. The van der Waals surface area contributed by atoms with Gasteiger partial charge in [-0.05, 0) is 42.3 Å². The highest BCUT2D eigenvalue weighted by Gasteiger charge is 2.16. The van der Waals surface area contributed by atoms with Crippen LogP contribution in [0.25, 0.3) is 0 Å². The Labute approximate surface area is 110 Å². The van der Waals surface area contributed by atoms with Crippen LogP contribution < -0.4 is 5.73 Å². The summed E-state index contributed by atoms with van der Waals surface area (Å²) in [7, 11) is 0. The summed E-state index contributed by atoms with van der Waals surface area (Å²) in [6.07, 6.45) is -0.929. The Kier molecular flexibility index (Phi) is 4.24. The van der Waals surface area contributed by atoms with E-state index in [9.17, 15) is 8.78 Å². The molecule has 0 fully saturated rings. The summed E-state index contributed by atoms with van der Waals surface area (Å²) in [5, 5.41) is 0. The van der Waals surface area contributed by atoms with Gasteiger partial charge in [-0.25, -0.2) is 8.78 Å². The smallest absolute Gasteiger partial charge is 0.123 e. The summed E-state index contributed by atoms with van der Waals surface area (Å²) in [4.78, 5) is 0. The molecular weight excluding hydrogens is 248 g/mol. The van der Waals surface area contributed by atoms with Crippen LogP contribution in [-0.2, 0) is 4.74 Å². The zero-order valence-corrected chi connectivity index (χ0v) is 10.5. The minimum Gasteiger partial charge on any atom is -0.351 e. The molecule has 19 heavy (non-hydrogen) atoms. The van der Waals surface area contributed by atoms with Gasteiger partial charge in [0.15, 0.2) is 0 Å². The molecule has 0 saturated carbocycles. The standard InChI is InChI=1S/C15H15F2NO/c1-10(18)19-15(11-2-6-13(16)7-3-11)12-4-8-14(17)9-5-12/h2-10,15H,18H2,1H3. The van der Waals surface area contributed by atoms with E-state index in [-0.39, 0.29) is 11.6 Å². The van der Waals surface area contributed by atoms with Gasteiger partial charge in [0.2, 0.25) is 0 Å². The van der Waals surface area contributed by atoms with Gasteiger partial charge in [0, 0.05) is 0 Å². The van der Waals surface area contributed by atoms with Crippen LogP contribution in [0.1, 0.15) is 24.2 Å². The van der Waals surface area contributed by atoms with Crippen molar-refractivity contribution in [2.24, 2.45) is 5.73 Å². The lowest BCUT2D eigenvalue weighted by Gasteiger charge is -2.21. The van der Waals surface area contributed by atoms with Gasteiger partial charge in [-0.3, -0.25) is 0 Å². The maximum Gasteiger partial charge on any atom is 0.123 e. The molecule has 0 saturated heterocycles. The molecule has 2 nitrogen and oxygen atoms in total. The monoisotopic (exact) mass is 263 g/mol. The first-order valence-electron chi connectivity index (χ1n) is 5.98. The number of benzene rings is 2. The highest BCUT2D eigenvalue weighted by Crippen LogP contribution is 2.27. The lowest BCUT2D eigenvalue weighted by atomic mass is 10.0. The van der Waals surface area contributed by atoms with Gasteiger partial charge in [0.05, 0.1) is 0 Å². The fourth-order valence-electron chi connectivity index (χ4n) is 1.84. The quantitative estimate of drug-likeness (QED) is 0.858. The van der Waals surface area contributed by atoms with E-state index >= 15 is 0 Å². The molecule has 2 rings (SSSR count). The number of ether oxygens (including phenoxy) is 1. The molecule has 0 amide bonds. The molecule has 1 atom stereocenters. The lowest BCUT2D eigenvalue weighted by Crippen LogP contribution is -2.23. The summed E-state index contributed by atoms with van der Waals surface area (Å²) >= 11 is 0. The second-order valence-corrected chi connectivity index (χ2v) is 4.32. The Morgan fingerprint density at radius 2 is 1.21 bits per heavy atom. The van der Waals surface area contributed by atoms with Crippen LogP contribution >= 0.6 is 0 Å². The molecule has 1 unspecified atom stereocenters. The first-order chi connectivity index (χ1) is 9.06. The minimum atomic E-state index is -0.486. The molecule has 0 aliphatic carbocycles. The summed E-state index contributed by atoms with van der Waals surface area (Å²) in [6, 6.07) is 12.0. The summed E-state index contributed by atoms with van der Waals surface area (Å²) < 4.78 is 31.5. The highest BCUT2D eigenvalue weighted by molar-refractivity contribution is 5.30.